The molecule has 0 atom stereocenters. The molecule has 1 aliphatic rings. The van der Waals surface area contributed by atoms with Crippen molar-refractivity contribution in [3.63, 3.8) is 0 Å². The number of methoxy groups -OCH3 is 1. The van der Waals surface area contributed by atoms with Crippen LogP contribution in [-0.4, -0.2) is 55.8 Å². The van der Waals surface area contributed by atoms with Crippen LogP contribution in [0.4, 0.5) is 5.69 Å². The van der Waals surface area contributed by atoms with E-state index in [4.69, 9.17) is 9.73 Å². The first-order valence-electron chi connectivity index (χ1n) is 9.81. The fourth-order valence-electron chi connectivity index (χ4n) is 3.43. The van der Waals surface area contributed by atoms with Crippen molar-refractivity contribution in [2.45, 2.75) is 20.4 Å². The minimum Gasteiger partial charge on any atom is -0.504 e. The van der Waals surface area contributed by atoms with E-state index in [-0.39, 0.29) is 5.75 Å². The summed E-state index contributed by atoms with van der Waals surface area (Å²) in [6, 6.07) is 14.1. The van der Waals surface area contributed by atoms with Crippen molar-refractivity contribution in [3.05, 3.63) is 53.6 Å². The Balaban J connectivity index is 1.64. The van der Waals surface area contributed by atoms with Gasteiger partial charge in [0.2, 0.25) is 0 Å². The molecule has 0 unspecified atom stereocenters. The van der Waals surface area contributed by atoms with E-state index in [0.717, 1.165) is 44.2 Å². The predicted octanol–water partition coefficient (Wildman–Crippen LogP) is 3.00. The summed E-state index contributed by atoms with van der Waals surface area (Å²) in [6.45, 7) is 9.34. The highest BCUT2D eigenvalue weighted by molar-refractivity contribution is 5.80. The Bertz CT molecular complexity index is 814. The van der Waals surface area contributed by atoms with Gasteiger partial charge in [-0.1, -0.05) is 18.2 Å². The number of rotatable bonds is 5. The molecule has 1 aliphatic heterocycles. The molecular formula is C22H30N4O2. The van der Waals surface area contributed by atoms with Crippen LogP contribution in [0, 0.1) is 6.92 Å². The number of ether oxygens (including phenoxy) is 1. The zero-order chi connectivity index (χ0) is 19.9. The topological polar surface area (TPSA) is 60.3 Å². The Morgan fingerprint density at radius 1 is 1.14 bits per heavy atom. The van der Waals surface area contributed by atoms with Crippen LogP contribution in [0.5, 0.6) is 11.5 Å². The van der Waals surface area contributed by atoms with E-state index in [2.05, 4.69) is 53.2 Å². The molecule has 1 heterocycles. The van der Waals surface area contributed by atoms with Gasteiger partial charge >= 0.3 is 0 Å². The van der Waals surface area contributed by atoms with Crippen LogP contribution in [0.3, 0.4) is 0 Å². The largest absolute Gasteiger partial charge is 0.504 e. The van der Waals surface area contributed by atoms with Gasteiger partial charge in [-0.3, -0.25) is 0 Å². The molecule has 2 aromatic carbocycles. The maximum absolute atomic E-state index is 9.96. The van der Waals surface area contributed by atoms with Gasteiger partial charge in [0, 0.05) is 38.4 Å². The quantitative estimate of drug-likeness (QED) is 0.615. The number of piperazine rings is 1. The second-order valence-electron chi connectivity index (χ2n) is 6.99. The van der Waals surface area contributed by atoms with Crippen LogP contribution >= 0.6 is 0 Å². The summed E-state index contributed by atoms with van der Waals surface area (Å²) in [5, 5.41) is 13.4. The van der Waals surface area contributed by atoms with Gasteiger partial charge in [0.15, 0.2) is 17.5 Å². The highest BCUT2D eigenvalue weighted by Gasteiger charge is 2.20. The first kappa shape index (κ1) is 19.9. The van der Waals surface area contributed by atoms with E-state index < -0.39 is 0 Å². The molecule has 1 fully saturated rings. The van der Waals surface area contributed by atoms with Crippen molar-refractivity contribution in [2.75, 3.05) is 44.7 Å². The van der Waals surface area contributed by atoms with E-state index in [0.29, 0.717) is 12.3 Å². The number of benzene rings is 2. The SMILES string of the molecule is CCNC(=NCc1ccc(OC)c(O)c1)N1CCN(c2cccc(C)c2)CC1. The molecule has 6 nitrogen and oxygen atoms in total. The third-order valence-corrected chi connectivity index (χ3v) is 4.94. The summed E-state index contributed by atoms with van der Waals surface area (Å²) >= 11 is 0. The molecule has 0 radical (unpaired) electrons. The number of nitrogens with one attached hydrogen (secondary N) is 1. The van der Waals surface area contributed by atoms with Crippen LogP contribution in [0.25, 0.3) is 0 Å². The summed E-state index contributed by atoms with van der Waals surface area (Å²) in [7, 11) is 1.55. The summed E-state index contributed by atoms with van der Waals surface area (Å²) in [5.74, 6) is 1.54. The molecule has 0 amide bonds. The number of hydrogen-bond acceptors (Lipinski definition) is 4. The molecule has 0 bridgehead atoms. The number of phenols is 1. The van der Waals surface area contributed by atoms with Gasteiger partial charge in [-0.2, -0.15) is 0 Å². The average molecular weight is 383 g/mol. The molecule has 2 N–H and O–H groups in total. The minimum absolute atomic E-state index is 0.145. The normalized spacial score (nSPS) is 14.9. The van der Waals surface area contributed by atoms with E-state index >= 15 is 0 Å². The van der Waals surface area contributed by atoms with Crippen molar-refractivity contribution in [3.8, 4) is 11.5 Å². The Morgan fingerprint density at radius 2 is 1.93 bits per heavy atom. The average Bonchev–Trinajstić information content (AvgIpc) is 2.71. The molecule has 2 aromatic rings. The van der Waals surface area contributed by atoms with Crippen LogP contribution in [0.2, 0.25) is 0 Å². The molecule has 6 heteroatoms. The van der Waals surface area contributed by atoms with Gasteiger partial charge < -0.3 is 25.0 Å². The van der Waals surface area contributed by atoms with Crippen molar-refractivity contribution < 1.29 is 9.84 Å². The molecule has 0 aromatic heterocycles. The number of aryl methyl sites for hydroxylation is 1. The number of anilines is 1. The summed E-state index contributed by atoms with van der Waals surface area (Å²) in [6.07, 6.45) is 0. The Morgan fingerprint density at radius 3 is 2.57 bits per heavy atom. The fraction of sp³-hybridized carbons (Fsp3) is 0.409. The van der Waals surface area contributed by atoms with Gasteiger partial charge in [-0.15, -0.1) is 0 Å². The Labute approximate surface area is 167 Å². The number of phenolic OH excluding ortho intramolecular Hbond substituents is 1. The molecule has 0 spiro atoms. The lowest BCUT2D eigenvalue weighted by molar-refractivity contribution is 0.371. The van der Waals surface area contributed by atoms with E-state index in [9.17, 15) is 5.11 Å². The maximum atomic E-state index is 9.96. The second-order valence-corrected chi connectivity index (χ2v) is 6.99. The number of guanidine groups is 1. The molecule has 1 saturated heterocycles. The monoisotopic (exact) mass is 382 g/mol. The van der Waals surface area contributed by atoms with Crippen molar-refractivity contribution in [1.82, 2.24) is 10.2 Å². The zero-order valence-corrected chi connectivity index (χ0v) is 17.0. The molecule has 28 heavy (non-hydrogen) atoms. The first-order chi connectivity index (χ1) is 13.6. The lowest BCUT2D eigenvalue weighted by atomic mass is 10.2. The third kappa shape index (κ3) is 4.88. The van der Waals surface area contributed by atoms with Crippen LogP contribution < -0.4 is 15.0 Å². The van der Waals surface area contributed by atoms with Crippen LogP contribution in [0.1, 0.15) is 18.1 Å². The standard InChI is InChI=1S/C22H30N4O2/c1-4-23-22(24-16-18-8-9-21(28-3)20(27)15-18)26-12-10-25(11-13-26)19-7-5-6-17(2)14-19/h5-9,14-15,27H,4,10-13,16H2,1-3H3,(H,23,24). The van der Waals surface area contributed by atoms with Gasteiger partial charge in [0.1, 0.15) is 0 Å². The third-order valence-electron chi connectivity index (χ3n) is 4.94. The van der Waals surface area contributed by atoms with E-state index in [1.54, 1.807) is 19.2 Å². The number of aliphatic imine (C=N–C) groups is 1. The maximum Gasteiger partial charge on any atom is 0.194 e. The predicted molar refractivity (Wildman–Crippen MR) is 114 cm³/mol. The first-order valence-corrected chi connectivity index (χ1v) is 9.81. The minimum atomic E-state index is 0.145. The van der Waals surface area contributed by atoms with Crippen molar-refractivity contribution in [2.24, 2.45) is 4.99 Å². The summed E-state index contributed by atoms with van der Waals surface area (Å²) < 4.78 is 5.10. The number of aromatic hydroxyl groups is 1. The smallest absolute Gasteiger partial charge is 0.194 e. The molecule has 3 rings (SSSR count). The highest BCUT2D eigenvalue weighted by Crippen LogP contribution is 2.26. The van der Waals surface area contributed by atoms with Crippen LogP contribution in [-0.2, 0) is 6.54 Å². The lowest BCUT2D eigenvalue weighted by Crippen LogP contribution is -2.52. The van der Waals surface area contributed by atoms with Crippen molar-refractivity contribution >= 4 is 11.6 Å². The zero-order valence-electron chi connectivity index (χ0n) is 17.0. The van der Waals surface area contributed by atoms with Gasteiger partial charge in [0.05, 0.1) is 13.7 Å². The van der Waals surface area contributed by atoms with Gasteiger partial charge in [0.25, 0.3) is 0 Å². The Hall–Kier alpha value is -2.89. The summed E-state index contributed by atoms with van der Waals surface area (Å²) in [4.78, 5) is 9.51. The molecule has 150 valence electrons. The fourth-order valence-corrected chi connectivity index (χ4v) is 3.43. The number of hydrogen-bond donors (Lipinski definition) is 2. The summed E-state index contributed by atoms with van der Waals surface area (Å²) in [5.41, 5.74) is 3.53. The van der Waals surface area contributed by atoms with Gasteiger partial charge in [-0.05, 0) is 49.2 Å². The molecule has 0 saturated carbocycles. The van der Waals surface area contributed by atoms with E-state index in [1.807, 2.05) is 6.07 Å². The Kier molecular flexibility index (Phi) is 6.63. The number of nitrogens with zero attached hydrogens (tertiary/aromatic N) is 3. The second kappa shape index (κ2) is 9.35. The van der Waals surface area contributed by atoms with Crippen LogP contribution in [0.15, 0.2) is 47.5 Å². The van der Waals surface area contributed by atoms with Gasteiger partial charge in [-0.25, -0.2) is 4.99 Å². The molecule has 0 aliphatic carbocycles. The highest BCUT2D eigenvalue weighted by atomic mass is 16.5. The van der Waals surface area contributed by atoms with Crippen molar-refractivity contribution in [1.29, 1.82) is 0 Å². The van der Waals surface area contributed by atoms with E-state index in [1.165, 1.54) is 11.3 Å². The lowest BCUT2D eigenvalue weighted by Gasteiger charge is -2.37. The molecular weight excluding hydrogens is 352 g/mol.